The van der Waals surface area contributed by atoms with Gasteiger partial charge >= 0.3 is 5.97 Å². The van der Waals surface area contributed by atoms with Gasteiger partial charge in [-0.15, -0.1) is 0 Å². The van der Waals surface area contributed by atoms with Crippen molar-refractivity contribution in [1.82, 2.24) is 0 Å². The van der Waals surface area contributed by atoms with Gasteiger partial charge in [0, 0.05) is 0 Å². The van der Waals surface area contributed by atoms with Gasteiger partial charge in [0.15, 0.2) is 0 Å². The van der Waals surface area contributed by atoms with Crippen molar-refractivity contribution in [1.29, 1.82) is 0 Å². The third-order valence-corrected chi connectivity index (χ3v) is 4.68. The number of carbonyl (C=O) groups excluding carboxylic acids is 1. The van der Waals surface area contributed by atoms with E-state index in [0.29, 0.717) is 17.8 Å². The third-order valence-electron chi connectivity index (χ3n) is 4.68. The molecular weight excluding hydrogens is 240 g/mol. The molecule has 110 valence electrons. The fourth-order valence-electron chi connectivity index (χ4n) is 3.39. The Balaban J connectivity index is 1.74. The highest BCUT2D eigenvalue weighted by atomic mass is 16.6. The Morgan fingerprint density at radius 3 is 2.74 bits per heavy atom. The summed E-state index contributed by atoms with van der Waals surface area (Å²) in [6, 6.07) is 0. The van der Waals surface area contributed by atoms with Gasteiger partial charge in [-0.2, -0.15) is 0 Å². The molecule has 0 aromatic carbocycles. The van der Waals surface area contributed by atoms with E-state index < -0.39 is 0 Å². The summed E-state index contributed by atoms with van der Waals surface area (Å²) < 4.78 is 11.0. The number of epoxide rings is 1. The fourth-order valence-corrected chi connectivity index (χ4v) is 3.39. The van der Waals surface area contributed by atoms with Crippen LogP contribution in [0, 0.1) is 11.3 Å². The standard InChI is InChI=1S/C16H28O3/c1-5-13-14(19-13)9-15(17)18-11(2)12-7-6-8-16(3,4)10-12/h11-14H,5-10H2,1-4H3/t11-,12+,13?,14?/m0/s1. The molecule has 4 atom stereocenters. The maximum atomic E-state index is 11.9. The van der Waals surface area contributed by atoms with Crippen molar-refractivity contribution in [3.63, 3.8) is 0 Å². The van der Waals surface area contributed by atoms with E-state index in [9.17, 15) is 4.79 Å². The highest BCUT2D eigenvalue weighted by Gasteiger charge is 2.40. The molecule has 2 unspecified atom stereocenters. The Labute approximate surface area is 117 Å². The lowest BCUT2D eigenvalue weighted by atomic mass is 9.71. The first kappa shape index (κ1) is 14.8. The average Bonchev–Trinajstić information content (AvgIpc) is 3.05. The van der Waals surface area contributed by atoms with Gasteiger partial charge in [-0.25, -0.2) is 0 Å². The van der Waals surface area contributed by atoms with Crippen molar-refractivity contribution in [2.75, 3.05) is 0 Å². The van der Waals surface area contributed by atoms with Crippen molar-refractivity contribution < 1.29 is 14.3 Å². The number of hydrogen-bond acceptors (Lipinski definition) is 3. The molecule has 1 aliphatic heterocycles. The Bertz CT molecular complexity index is 324. The average molecular weight is 268 g/mol. The smallest absolute Gasteiger partial charge is 0.308 e. The van der Waals surface area contributed by atoms with Gasteiger partial charge in [-0.1, -0.05) is 27.2 Å². The zero-order valence-electron chi connectivity index (χ0n) is 12.8. The van der Waals surface area contributed by atoms with E-state index in [4.69, 9.17) is 9.47 Å². The van der Waals surface area contributed by atoms with Crippen LogP contribution in [0.3, 0.4) is 0 Å². The number of rotatable bonds is 5. The molecule has 0 amide bonds. The van der Waals surface area contributed by atoms with Crippen molar-refractivity contribution in [3.05, 3.63) is 0 Å². The van der Waals surface area contributed by atoms with Crippen LogP contribution in [0.15, 0.2) is 0 Å². The highest BCUT2D eigenvalue weighted by molar-refractivity contribution is 5.70. The molecule has 0 radical (unpaired) electrons. The number of carbonyl (C=O) groups is 1. The number of ether oxygens (including phenoxy) is 2. The molecule has 1 saturated carbocycles. The zero-order chi connectivity index (χ0) is 14.0. The first-order valence-electron chi connectivity index (χ1n) is 7.76. The molecule has 3 heteroatoms. The molecule has 1 saturated heterocycles. The largest absolute Gasteiger partial charge is 0.462 e. The van der Waals surface area contributed by atoms with Crippen molar-refractivity contribution in [3.8, 4) is 0 Å². The summed E-state index contributed by atoms with van der Waals surface area (Å²) in [5, 5.41) is 0. The molecule has 2 rings (SSSR count). The lowest BCUT2D eigenvalue weighted by Crippen LogP contribution is -2.32. The lowest BCUT2D eigenvalue weighted by molar-refractivity contribution is -0.152. The van der Waals surface area contributed by atoms with Gasteiger partial charge in [0.2, 0.25) is 0 Å². The van der Waals surface area contributed by atoms with E-state index in [1.54, 1.807) is 0 Å². The van der Waals surface area contributed by atoms with Crippen LogP contribution < -0.4 is 0 Å². The first-order chi connectivity index (χ1) is 8.91. The minimum Gasteiger partial charge on any atom is -0.462 e. The van der Waals surface area contributed by atoms with Crippen molar-refractivity contribution in [2.45, 2.75) is 84.5 Å². The van der Waals surface area contributed by atoms with E-state index in [1.807, 2.05) is 0 Å². The zero-order valence-corrected chi connectivity index (χ0v) is 12.8. The van der Waals surface area contributed by atoms with Crippen LogP contribution >= 0.6 is 0 Å². The summed E-state index contributed by atoms with van der Waals surface area (Å²) in [5.41, 5.74) is 0.399. The second-order valence-corrected chi connectivity index (χ2v) is 7.04. The number of hydrogen-bond donors (Lipinski definition) is 0. The quantitative estimate of drug-likeness (QED) is 0.563. The predicted octanol–water partition coefficient (Wildman–Crippen LogP) is 3.70. The molecule has 1 heterocycles. The van der Waals surface area contributed by atoms with Crippen LogP contribution in [0.5, 0.6) is 0 Å². The summed E-state index contributed by atoms with van der Waals surface area (Å²) in [6.07, 6.45) is 6.77. The maximum absolute atomic E-state index is 11.9. The summed E-state index contributed by atoms with van der Waals surface area (Å²) >= 11 is 0. The normalized spacial score (nSPS) is 34.6. The minimum atomic E-state index is -0.0863. The molecule has 2 fully saturated rings. The lowest BCUT2D eigenvalue weighted by Gasteiger charge is -2.37. The molecule has 0 aromatic rings. The van der Waals surface area contributed by atoms with E-state index in [1.165, 1.54) is 25.7 Å². The van der Waals surface area contributed by atoms with Gasteiger partial charge < -0.3 is 9.47 Å². The monoisotopic (exact) mass is 268 g/mol. The van der Waals surface area contributed by atoms with Crippen LogP contribution in [-0.4, -0.2) is 24.3 Å². The molecule has 0 bridgehead atoms. The Kier molecular flexibility index (Phi) is 4.54. The number of esters is 1. The SMILES string of the molecule is CCC1OC1CC(=O)O[C@@H](C)[C@@H]1CCCC(C)(C)C1. The van der Waals surface area contributed by atoms with Gasteiger partial charge in [0.1, 0.15) is 6.10 Å². The Morgan fingerprint density at radius 2 is 2.16 bits per heavy atom. The second-order valence-electron chi connectivity index (χ2n) is 7.04. The third kappa shape index (κ3) is 4.20. The minimum absolute atomic E-state index is 0.0471. The van der Waals surface area contributed by atoms with Gasteiger partial charge in [-0.3, -0.25) is 4.79 Å². The maximum Gasteiger partial charge on any atom is 0.308 e. The summed E-state index contributed by atoms with van der Waals surface area (Å²) in [5.74, 6) is 0.437. The Hall–Kier alpha value is -0.570. The van der Waals surface area contributed by atoms with Gasteiger partial charge in [-0.05, 0) is 43.9 Å². The molecule has 3 nitrogen and oxygen atoms in total. The van der Waals surface area contributed by atoms with Crippen LogP contribution in [-0.2, 0) is 14.3 Å². The Morgan fingerprint density at radius 1 is 1.42 bits per heavy atom. The van der Waals surface area contributed by atoms with Crippen LogP contribution in [0.1, 0.15) is 66.2 Å². The van der Waals surface area contributed by atoms with Gasteiger partial charge in [0.05, 0.1) is 18.6 Å². The summed E-state index contributed by atoms with van der Waals surface area (Å²) in [6.45, 7) is 8.77. The molecule has 1 aliphatic carbocycles. The van der Waals surface area contributed by atoms with Crippen molar-refractivity contribution >= 4 is 5.97 Å². The predicted molar refractivity (Wildman–Crippen MR) is 74.9 cm³/mol. The van der Waals surface area contributed by atoms with Gasteiger partial charge in [0.25, 0.3) is 0 Å². The van der Waals surface area contributed by atoms with Crippen molar-refractivity contribution in [2.24, 2.45) is 11.3 Å². The molecule has 0 aromatic heterocycles. The summed E-state index contributed by atoms with van der Waals surface area (Å²) in [7, 11) is 0. The molecule has 0 spiro atoms. The molecule has 0 N–H and O–H groups in total. The van der Waals surface area contributed by atoms with Crippen LogP contribution in [0.4, 0.5) is 0 Å². The summed E-state index contributed by atoms with van der Waals surface area (Å²) in [4.78, 5) is 11.9. The second kappa shape index (κ2) is 5.82. The first-order valence-corrected chi connectivity index (χ1v) is 7.76. The van der Waals surface area contributed by atoms with E-state index >= 15 is 0 Å². The molecular formula is C16H28O3. The van der Waals surface area contributed by atoms with E-state index in [-0.39, 0.29) is 24.3 Å². The molecule has 2 aliphatic rings. The van der Waals surface area contributed by atoms with Crippen LogP contribution in [0.25, 0.3) is 0 Å². The highest BCUT2D eigenvalue weighted by Crippen LogP contribution is 2.40. The topological polar surface area (TPSA) is 38.8 Å². The van der Waals surface area contributed by atoms with E-state index in [0.717, 1.165) is 6.42 Å². The van der Waals surface area contributed by atoms with E-state index in [2.05, 4.69) is 27.7 Å². The fraction of sp³-hybridized carbons (Fsp3) is 0.938. The molecule has 19 heavy (non-hydrogen) atoms. The van der Waals surface area contributed by atoms with Crippen LogP contribution in [0.2, 0.25) is 0 Å².